The van der Waals surface area contributed by atoms with E-state index in [1.54, 1.807) is 7.05 Å². The van der Waals surface area contributed by atoms with Crippen LogP contribution in [0.15, 0.2) is 4.79 Å². The van der Waals surface area contributed by atoms with Crippen LogP contribution in [0, 0.1) is 19.8 Å². The lowest BCUT2D eigenvalue weighted by atomic mass is 10.0. The fraction of sp³-hybridized carbons (Fsp3) is 0.611. The number of likely N-dealkylation sites (N-methyl/N-ethyl adjacent to an activating group) is 1. The molecule has 0 aliphatic carbocycles. The SMILES string of the molecule is Cc1nc2[nH]n(C)c(=O)c2c(C)c1CC(=O)N1C[C@@H](C)[C@H](N(C)C)C1. The predicted molar refractivity (Wildman–Crippen MR) is 97.7 cm³/mol. The molecule has 7 heteroatoms. The van der Waals surface area contributed by atoms with E-state index >= 15 is 0 Å². The van der Waals surface area contributed by atoms with Crippen LogP contribution in [0.5, 0.6) is 0 Å². The number of carbonyl (C=O) groups excluding carboxylic acids is 1. The molecule has 1 aliphatic heterocycles. The van der Waals surface area contributed by atoms with Crippen LogP contribution in [0.25, 0.3) is 11.0 Å². The molecule has 2 aromatic heterocycles. The van der Waals surface area contributed by atoms with Crippen molar-refractivity contribution in [1.82, 2.24) is 24.6 Å². The lowest BCUT2D eigenvalue weighted by Crippen LogP contribution is -2.36. The van der Waals surface area contributed by atoms with Crippen molar-refractivity contribution < 1.29 is 4.79 Å². The van der Waals surface area contributed by atoms with Gasteiger partial charge in [0.05, 0.1) is 11.8 Å². The number of rotatable bonds is 3. The van der Waals surface area contributed by atoms with Crippen LogP contribution in [0.3, 0.4) is 0 Å². The summed E-state index contributed by atoms with van der Waals surface area (Å²) in [5.74, 6) is 0.564. The molecule has 1 fully saturated rings. The number of hydrogen-bond acceptors (Lipinski definition) is 4. The molecule has 1 N–H and O–H groups in total. The standard InChI is InChI=1S/C18H27N5O2/c1-10-8-23(9-14(10)21(4)5)15(24)7-13-11(2)16-17(19-12(13)3)20-22(6)18(16)25/h10,14H,7-9H2,1-6H3,(H,19,20)/t10-,14-/m1/s1. The van der Waals surface area contributed by atoms with E-state index in [0.29, 0.717) is 29.4 Å². The summed E-state index contributed by atoms with van der Waals surface area (Å²) in [6.07, 6.45) is 0.293. The number of aryl methyl sites for hydroxylation is 3. The third-order valence-corrected chi connectivity index (χ3v) is 5.49. The molecule has 3 rings (SSSR count). The number of aromatic amines is 1. The number of aromatic nitrogens is 3. The molecule has 0 spiro atoms. The van der Waals surface area contributed by atoms with Crippen molar-refractivity contribution >= 4 is 16.9 Å². The Kier molecular flexibility index (Phi) is 4.45. The second-order valence-electron chi connectivity index (χ2n) is 7.48. The molecule has 0 aromatic carbocycles. The van der Waals surface area contributed by atoms with Gasteiger partial charge in [-0.05, 0) is 45.0 Å². The van der Waals surface area contributed by atoms with E-state index in [4.69, 9.17) is 0 Å². The molecule has 2 atom stereocenters. The Bertz CT molecular complexity index is 880. The number of H-pyrrole nitrogens is 1. The zero-order chi connectivity index (χ0) is 18.5. The summed E-state index contributed by atoms with van der Waals surface area (Å²) in [6, 6.07) is 0.392. The highest BCUT2D eigenvalue weighted by Gasteiger charge is 2.33. The van der Waals surface area contributed by atoms with Crippen molar-refractivity contribution in [3.63, 3.8) is 0 Å². The van der Waals surface area contributed by atoms with Crippen LogP contribution in [-0.2, 0) is 18.3 Å². The summed E-state index contributed by atoms with van der Waals surface area (Å²) in [6.45, 7) is 7.53. The normalized spacial score (nSPS) is 20.8. The molecular weight excluding hydrogens is 318 g/mol. The minimum Gasteiger partial charge on any atom is -0.341 e. The summed E-state index contributed by atoms with van der Waals surface area (Å²) < 4.78 is 1.43. The first-order chi connectivity index (χ1) is 11.7. The van der Waals surface area contributed by atoms with E-state index in [1.165, 1.54) is 4.68 Å². The molecule has 0 radical (unpaired) electrons. The van der Waals surface area contributed by atoms with Gasteiger partial charge in [0.15, 0.2) is 5.65 Å². The van der Waals surface area contributed by atoms with Gasteiger partial charge in [-0.1, -0.05) is 6.92 Å². The van der Waals surface area contributed by atoms with Crippen LogP contribution in [0.1, 0.15) is 23.7 Å². The zero-order valence-corrected chi connectivity index (χ0v) is 15.9. The first kappa shape index (κ1) is 17.7. The van der Waals surface area contributed by atoms with Gasteiger partial charge in [0.2, 0.25) is 5.91 Å². The van der Waals surface area contributed by atoms with Crippen LogP contribution in [0.2, 0.25) is 0 Å². The van der Waals surface area contributed by atoms with E-state index in [-0.39, 0.29) is 11.5 Å². The molecule has 1 saturated heterocycles. The number of carbonyl (C=O) groups is 1. The minimum absolute atomic E-state index is 0.101. The van der Waals surface area contributed by atoms with Crippen LogP contribution in [0.4, 0.5) is 0 Å². The van der Waals surface area contributed by atoms with Crippen LogP contribution < -0.4 is 5.56 Å². The Hall–Kier alpha value is -2.15. The second kappa shape index (κ2) is 6.29. The first-order valence-corrected chi connectivity index (χ1v) is 8.69. The van der Waals surface area contributed by atoms with Gasteiger partial charge in [-0.15, -0.1) is 0 Å². The fourth-order valence-corrected chi connectivity index (χ4v) is 3.96. The number of likely N-dealkylation sites (tertiary alicyclic amines) is 1. The van der Waals surface area contributed by atoms with E-state index < -0.39 is 0 Å². The highest BCUT2D eigenvalue weighted by Crippen LogP contribution is 2.24. The Morgan fingerprint density at radius 1 is 1.32 bits per heavy atom. The monoisotopic (exact) mass is 345 g/mol. The predicted octanol–water partition coefficient (Wildman–Crippen LogP) is 0.829. The summed E-state index contributed by atoms with van der Waals surface area (Å²) in [5.41, 5.74) is 3.01. The highest BCUT2D eigenvalue weighted by atomic mass is 16.2. The van der Waals surface area contributed by atoms with Gasteiger partial charge in [-0.3, -0.25) is 19.4 Å². The summed E-state index contributed by atoms with van der Waals surface area (Å²) in [4.78, 5) is 33.8. The number of fused-ring (bicyclic) bond motifs is 1. The third kappa shape index (κ3) is 2.97. The number of nitrogens with zero attached hydrogens (tertiary/aromatic N) is 4. The summed E-state index contributed by atoms with van der Waals surface area (Å²) in [5, 5.41) is 3.54. The van der Waals surface area contributed by atoms with Crippen molar-refractivity contribution in [3.8, 4) is 0 Å². The molecule has 7 nitrogen and oxygen atoms in total. The Labute approximate surface area is 147 Å². The maximum Gasteiger partial charge on any atom is 0.276 e. The second-order valence-corrected chi connectivity index (χ2v) is 7.48. The average molecular weight is 345 g/mol. The van der Waals surface area contributed by atoms with Gasteiger partial charge >= 0.3 is 0 Å². The molecule has 0 unspecified atom stereocenters. The number of nitrogens with one attached hydrogen (secondary N) is 1. The highest BCUT2D eigenvalue weighted by molar-refractivity contribution is 5.84. The smallest absolute Gasteiger partial charge is 0.276 e. The largest absolute Gasteiger partial charge is 0.341 e. The lowest BCUT2D eigenvalue weighted by Gasteiger charge is -2.22. The van der Waals surface area contributed by atoms with Crippen LogP contribution in [-0.4, -0.2) is 63.7 Å². The topological polar surface area (TPSA) is 74.2 Å². The van der Waals surface area contributed by atoms with E-state index in [2.05, 4.69) is 36.0 Å². The molecule has 0 saturated carbocycles. The number of pyridine rings is 1. The summed E-state index contributed by atoms with van der Waals surface area (Å²) >= 11 is 0. The zero-order valence-electron chi connectivity index (χ0n) is 15.9. The van der Waals surface area contributed by atoms with Gasteiger partial charge in [0, 0.05) is 31.9 Å². The van der Waals surface area contributed by atoms with E-state index in [1.807, 2.05) is 18.7 Å². The number of hydrogen-bond donors (Lipinski definition) is 1. The van der Waals surface area contributed by atoms with Gasteiger partial charge < -0.3 is 9.80 Å². The van der Waals surface area contributed by atoms with E-state index in [9.17, 15) is 9.59 Å². The molecule has 0 bridgehead atoms. The van der Waals surface area contributed by atoms with Gasteiger partial charge in [-0.2, -0.15) is 0 Å². The molecule has 25 heavy (non-hydrogen) atoms. The molecule has 136 valence electrons. The Morgan fingerprint density at radius 2 is 2.00 bits per heavy atom. The molecule has 3 heterocycles. The molecule has 1 aliphatic rings. The molecule has 1 amide bonds. The average Bonchev–Trinajstić information content (AvgIpc) is 3.04. The molecular formula is C18H27N5O2. The lowest BCUT2D eigenvalue weighted by molar-refractivity contribution is -0.129. The van der Waals surface area contributed by atoms with Gasteiger partial charge in [-0.25, -0.2) is 4.98 Å². The Balaban J connectivity index is 1.89. The molecule has 2 aromatic rings. The van der Waals surface area contributed by atoms with Crippen molar-refractivity contribution in [2.24, 2.45) is 13.0 Å². The number of amides is 1. The van der Waals surface area contributed by atoms with Crippen LogP contribution >= 0.6 is 0 Å². The van der Waals surface area contributed by atoms with Crippen molar-refractivity contribution in [3.05, 3.63) is 27.2 Å². The maximum atomic E-state index is 12.8. The minimum atomic E-state index is -0.101. The summed E-state index contributed by atoms with van der Waals surface area (Å²) in [7, 11) is 5.79. The van der Waals surface area contributed by atoms with Crippen molar-refractivity contribution in [2.45, 2.75) is 33.2 Å². The van der Waals surface area contributed by atoms with Gasteiger partial charge in [0.1, 0.15) is 0 Å². The van der Waals surface area contributed by atoms with Crippen molar-refractivity contribution in [2.75, 3.05) is 27.2 Å². The Morgan fingerprint density at radius 3 is 2.60 bits per heavy atom. The van der Waals surface area contributed by atoms with Crippen molar-refractivity contribution in [1.29, 1.82) is 0 Å². The first-order valence-electron chi connectivity index (χ1n) is 8.69. The fourth-order valence-electron chi connectivity index (χ4n) is 3.96. The maximum absolute atomic E-state index is 12.8. The van der Waals surface area contributed by atoms with Gasteiger partial charge in [0.25, 0.3) is 5.56 Å². The third-order valence-electron chi connectivity index (χ3n) is 5.49. The quantitative estimate of drug-likeness (QED) is 0.894. The van der Waals surface area contributed by atoms with E-state index in [0.717, 1.165) is 29.9 Å².